The number of carbonyl (C=O) groups excluding carboxylic acids is 2. The fourth-order valence-corrected chi connectivity index (χ4v) is 16.6. The average molecular weight is 744 g/mol. The number of halogens is 1. The Labute approximate surface area is 312 Å². The molecule has 0 saturated heterocycles. The van der Waals surface area contributed by atoms with Crippen molar-refractivity contribution in [1.82, 2.24) is 0 Å². The van der Waals surface area contributed by atoms with E-state index < -0.39 is 0 Å². The molecule has 8 aliphatic carbocycles. The van der Waals surface area contributed by atoms with Crippen LogP contribution in [0, 0.1) is 92.7 Å². The Hall–Kier alpha value is -0.180. The number of Topliss-reactive ketones (excluding diaryl/α,β-unsaturated/α-hetero) is 2. The van der Waals surface area contributed by atoms with Gasteiger partial charge in [0.05, 0.1) is 5.33 Å². The molecule has 0 aromatic rings. The van der Waals surface area contributed by atoms with Gasteiger partial charge in [-0.3, -0.25) is 9.59 Å². The van der Waals surface area contributed by atoms with Crippen LogP contribution in [0.3, 0.4) is 0 Å². The lowest BCUT2D eigenvalue weighted by molar-refractivity contribution is -0.135. The number of carbonyl (C=O) groups is 2. The largest absolute Gasteiger partial charge is 0.300 e. The average Bonchev–Trinajstić information content (AvgIpc) is 3.58. The fourth-order valence-electron chi connectivity index (χ4n) is 16.2. The molecule has 16 atom stereocenters. The molecule has 8 fully saturated rings. The van der Waals surface area contributed by atoms with Crippen LogP contribution in [0.2, 0.25) is 0 Å². The first-order chi connectivity index (χ1) is 22.3. The van der Waals surface area contributed by atoms with E-state index in [1.807, 2.05) is 6.92 Å². The molecule has 0 bridgehead atoms. The van der Waals surface area contributed by atoms with Crippen molar-refractivity contribution >= 4 is 27.5 Å². The first kappa shape index (κ1) is 40.0. The van der Waals surface area contributed by atoms with E-state index in [9.17, 15) is 9.59 Å². The molecule has 3 heteroatoms. The zero-order chi connectivity index (χ0) is 33.5. The summed E-state index contributed by atoms with van der Waals surface area (Å²) in [6, 6.07) is 0. The van der Waals surface area contributed by atoms with Crippen LogP contribution in [0.5, 0.6) is 0 Å². The second kappa shape index (κ2) is 14.6. The van der Waals surface area contributed by atoms with Crippen molar-refractivity contribution in [2.75, 3.05) is 5.33 Å². The van der Waals surface area contributed by atoms with Gasteiger partial charge in [0.2, 0.25) is 0 Å². The number of hydrogen-bond acceptors (Lipinski definition) is 2. The molecule has 49 heavy (non-hydrogen) atoms. The molecule has 0 aliphatic heterocycles. The van der Waals surface area contributed by atoms with Crippen molar-refractivity contribution in [2.45, 2.75) is 179 Å². The van der Waals surface area contributed by atoms with E-state index in [4.69, 9.17) is 0 Å². The van der Waals surface area contributed by atoms with Gasteiger partial charge in [0.1, 0.15) is 11.6 Å². The highest BCUT2D eigenvalue weighted by Crippen LogP contribution is 2.69. The summed E-state index contributed by atoms with van der Waals surface area (Å²) in [5.41, 5.74) is 1.86. The molecule has 0 unspecified atom stereocenters. The quantitative estimate of drug-likeness (QED) is 0.270. The van der Waals surface area contributed by atoms with Gasteiger partial charge < -0.3 is 0 Å². The van der Waals surface area contributed by atoms with Crippen molar-refractivity contribution < 1.29 is 9.59 Å². The van der Waals surface area contributed by atoms with E-state index in [2.05, 4.69) is 57.5 Å². The van der Waals surface area contributed by atoms with E-state index in [0.717, 1.165) is 65.6 Å². The summed E-state index contributed by atoms with van der Waals surface area (Å²) in [6.45, 7) is 17.0. The number of alkyl halides is 1. The maximum Gasteiger partial charge on any atom is 0.147 e. The summed E-state index contributed by atoms with van der Waals surface area (Å²) >= 11 is 3.44. The van der Waals surface area contributed by atoms with Gasteiger partial charge in [-0.25, -0.2) is 0 Å². The van der Waals surface area contributed by atoms with E-state index in [-0.39, 0.29) is 14.9 Å². The summed E-state index contributed by atoms with van der Waals surface area (Å²) in [4.78, 5) is 24.7. The monoisotopic (exact) mass is 743 g/mol. The van der Waals surface area contributed by atoms with Gasteiger partial charge in [-0.15, -0.1) is 0 Å². The zero-order valence-corrected chi connectivity index (χ0v) is 33.1. The molecule has 0 radical (unpaired) electrons. The van der Waals surface area contributed by atoms with E-state index in [1.54, 1.807) is 0 Å². The normalized spacial score (nSPS) is 52.5. The van der Waals surface area contributed by atoms with Gasteiger partial charge in [0, 0.05) is 11.8 Å². The van der Waals surface area contributed by atoms with Crippen molar-refractivity contribution in [1.29, 1.82) is 0 Å². The Morgan fingerprint density at radius 3 is 1.35 bits per heavy atom. The Morgan fingerprint density at radius 1 is 0.531 bits per heavy atom. The molecule has 2 nitrogen and oxygen atoms in total. The molecule has 8 aliphatic rings. The second-order valence-corrected chi connectivity index (χ2v) is 21.2. The van der Waals surface area contributed by atoms with Crippen molar-refractivity contribution in [2.24, 2.45) is 92.7 Å². The Kier molecular flexibility index (Phi) is 11.9. The Bertz CT molecular complexity index is 1200. The fraction of sp³-hybridized carbons (Fsp3) is 0.957. The molecule has 0 heterocycles. The third kappa shape index (κ3) is 6.34. The molecule has 0 amide bonds. The van der Waals surface area contributed by atoms with E-state index in [1.165, 1.54) is 109 Å². The van der Waals surface area contributed by atoms with Crippen LogP contribution >= 0.6 is 15.9 Å². The number of rotatable bonds is 3. The van der Waals surface area contributed by atoms with Gasteiger partial charge in [-0.05, 0) is 190 Å². The Balaban J connectivity index is 0.000000184. The summed E-state index contributed by atoms with van der Waals surface area (Å²) < 4.78 is 0. The SMILES string of the molecule is C.C.CC(=O)[C@H]1CC[C@H]2[C@@H]3CC[C@H]4C[C@@H](C)CC[C@]4(C)[C@H]3CC[C@]12C.C[C@H]1CC[C@@]2(C)[C@@H](CC[C@@H]3[C@@H]2CC[C@]2(C)[C@@H](C(=O)CBr)CC[C@@H]32)C1. The second-order valence-electron chi connectivity index (χ2n) is 20.6. The minimum atomic E-state index is 0. The predicted molar refractivity (Wildman–Crippen MR) is 212 cm³/mol. The van der Waals surface area contributed by atoms with Gasteiger partial charge in [-0.2, -0.15) is 0 Å². The van der Waals surface area contributed by atoms with Crippen LogP contribution in [-0.4, -0.2) is 16.9 Å². The molecule has 0 aromatic heterocycles. The lowest BCUT2D eigenvalue weighted by atomic mass is 9.44. The zero-order valence-electron chi connectivity index (χ0n) is 31.6. The van der Waals surface area contributed by atoms with Crippen molar-refractivity contribution in [3.05, 3.63) is 0 Å². The number of hydrogen-bond donors (Lipinski definition) is 0. The maximum atomic E-state index is 12.5. The molecular weight excluding hydrogens is 664 g/mol. The molecule has 0 N–H and O–H groups in total. The van der Waals surface area contributed by atoms with Crippen LogP contribution in [0.15, 0.2) is 0 Å². The first-order valence-corrected chi connectivity index (χ1v) is 22.0. The molecular formula is C46H79BrO2. The van der Waals surface area contributed by atoms with E-state index >= 15 is 0 Å². The van der Waals surface area contributed by atoms with Gasteiger partial charge >= 0.3 is 0 Å². The molecule has 8 saturated carbocycles. The molecule has 0 aromatic carbocycles. The van der Waals surface area contributed by atoms with Gasteiger partial charge in [0.15, 0.2) is 0 Å². The third-order valence-electron chi connectivity index (χ3n) is 18.9. The highest BCUT2D eigenvalue weighted by Gasteiger charge is 2.62. The Morgan fingerprint density at radius 2 is 0.918 bits per heavy atom. The molecule has 282 valence electrons. The van der Waals surface area contributed by atoms with Gasteiger partial charge in [-0.1, -0.05) is 85.2 Å². The molecule has 8 rings (SSSR count). The summed E-state index contributed by atoms with van der Waals surface area (Å²) in [6.07, 6.45) is 25.1. The minimum Gasteiger partial charge on any atom is -0.300 e. The summed E-state index contributed by atoms with van der Waals surface area (Å²) in [7, 11) is 0. The maximum absolute atomic E-state index is 12.5. The van der Waals surface area contributed by atoms with E-state index in [0.29, 0.717) is 50.4 Å². The van der Waals surface area contributed by atoms with Gasteiger partial charge in [0.25, 0.3) is 0 Å². The minimum absolute atomic E-state index is 0. The van der Waals surface area contributed by atoms with Crippen LogP contribution < -0.4 is 0 Å². The standard InChI is InChI=1S/C22H35BrO.C22H36O.2CH4/c1-14-8-10-21(2)15(12-14)4-5-16-17-6-7-19(20(24)13-23)22(17,3)11-9-18(16)21;1-14-9-11-21(3)16(13-14)5-6-17-19-8-7-18(15(2)23)22(19,4)12-10-20(17)21;;/h14-19H,4-13H2,1-3H3;14,16-20H,5-13H2,1-4H3;2*1H4/t14-,15-,16-,17-,18-,19+,21-,22-;14-,16-,17-,18+,19-,20-,21-,22+;;/m00../s1. The third-order valence-corrected chi connectivity index (χ3v) is 19.4. The number of fused-ring (bicyclic) bond motifs is 10. The topological polar surface area (TPSA) is 34.1 Å². The highest BCUT2D eigenvalue weighted by atomic mass is 79.9. The van der Waals surface area contributed by atoms with Crippen LogP contribution in [0.4, 0.5) is 0 Å². The summed E-state index contributed by atoms with van der Waals surface area (Å²) in [5, 5.41) is 0.561. The van der Waals surface area contributed by atoms with Crippen LogP contribution in [0.1, 0.15) is 179 Å². The highest BCUT2D eigenvalue weighted by molar-refractivity contribution is 9.09. The lowest BCUT2D eigenvalue weighted by Crippen LogP contribution is -2.53. The number of ketones is 2. The van der Waals surface area contributed by atoms with Crippen molar-refractivity contribution in [3.8, 4) is 0 Å². The lowest BCUT2D eigenvalue weighted by Gasteiger charge is -2.61. The smallest absolute Gasteiger partial charge is 0.147 e. The van der Waals surface area contributed by atoms with Crippen LogP contribution in [-0.2, 0) is 9.59 Å². The summed E-state index contributed by atoms with van der Waals surface area (Å²) in [5.74, 6) is 10.9. The van der Waals surface area contributed by atoms with Crippen LogP contribution in [0.25, 0.3) is 0 Å². The predicted octanol–water partition coefficient (Wildman–Crippen LogP) is 13.4. The van der Waals surface area contributed by atoms with Crippen molar-refractivity contribution in [3.63, 3.8) is 0 Å². The first-order valence-electron chi connectivity index (χ1n) is 20.9. The molecule has 0 spiro atoms.